The van der Waals surface area contributed by atoms with Crippen molar-refractivity contribution in [3.8, 4) is 0 Å². The Hall–Kier alpha value is -0.740. The average Bonchev–Trinajstić information content (AvgIpc) is 2.14. The van der Waals surface area contributed by atoms with E-state index in [-0.39, 0.29) is 5.75 Å². The lowest BCUT2D eigenvalue weighted by Gasteiger charge is -2.17. The largest absolute Gasteiger partial charge is 0.377 e. The maximum atomic E-state index is 11.1. The van der Waals surface area contributed by atoms with Crippen LogP contribution in [0.1, 0.15) is 18.1 Å². The first-order valence-electron chi connectivity index (χ1n) is 5.05. The quantitative estimate of drug-likeness (QED) is 0.781. The lowest BCUT2D eigenvalue weighted by Crippen LogP contribution is -2.12. The molecule has 0 saturated carbocycles. The molecule has 0 aliphatic heterocycles. The van der Waals surface area contributed by atoms with E-state index in [1.54, 1.807) is 0 Å². The van der Waals surface area contributed by atoms with Gasteiger partial charge in [-0.25, -0.2) is 8.42 Å². The molecule has 0 amide bonds. The summed E-state index contributed by atoms with van der Waals surface area (Å²) >= 11 is 0. The molecule has 0 atom stereocenters. The van der Waals surface area contributed by atoms with E-state index in [9.17, 15) is 8.42 Å². The maximum absolute atomic E-state index is 11.1. The van der Waals surface area contributed by atoms with Crippen molar-refractivity contribution in [3.63, 3.8) is 0 Å². The molecule has 16 heavy (non-hydrogen) atoms. The molecule has 1 rings (SSSR count). The molecular weight excluding hydrogens is 246 g/mol. The van der Waals surface area contributed by atoms with Crippen LogP contribution in [-0.2, 0) is 21.2 Å². The molecule has 0 unspecified atom stereocenters. The van der Waals surface area contributed by atoms with Crippen molar-refractivity contribution in [1.82, 2.24) is 0 Å². The van der Waals surface area contributed by atoms with Crippen molar-refractivity contribution in [2.45, 2.75) is 19.1 Å². The zero-order valence-corrected chi connectivity index (χ0v) is 11.3. The van der Waals surface area contributed by atoms with E-state index >= 15 is 0 Å². The van der Waals surface area contributed by atoms with Crippen LogP contribution in [-0.4, -0.2) is 22.5 Å². The number of rotatable bonds is 4. The van der Waals surface area contributed by atoms with Crippen LogP contribution >= 0.6 is 10.7 Å². The third kappa shape index (κ3) is 3.68. The molecule has 3 nitrogen and oxygen atoms in total. The van der Waals surface area contributed by atoms with Gasteiger partial charge in [-0.15, -0.1) is 0 Å². The Morgan fingerprint density at radius 1 is 1.31 bits per heavy atom. The fraction of sp³-hybridized carbons (Fsp3) is 0.455. The smallest absolute Gasteiger partial charge is 0.236 e. The second-order valence-corrected chi connectivity index (χ2v) is 6.67. The summed E-state index contributed by atoms with van der Waals surface area (Å²) in [5.41, 5.74) is 2.75. The molecule has 0 aliphatic rings. The van der Waals surface area contributed by atoms with E-state index in [0.717, 1.165) is 23.2 Å². The highest BCUT2D eigenvalue weighted by molar-refractivity contribution is 8.13. The van der Waals surface area contributed by atoms with Gasteiger partial charge in [-0.3, -0.25) is 0 Å². The van der Waals surface area contributed by atoms with Crippen LogP contribution in [0.2, 0.25) is 0 Å². The maximum Gasteiger partial charge on any atom is 0.236 e. The summed E-state index contributed by atoms with van der Waals surface area (Å²) in [5, 5.41) is 0. The molecule has 0 aliphatic carbocycles. The van der Waals surface area contributed by atoms with Crippen molar-refractivity contribution in [2.75, 3.05) is 19.0 Å². The molecule has 5 heteroatoms. The monoisotopic (exact) mass is 261 g/mol. The van der Waals surface area contributed by atoms with Gasteiger partial charge in [-0.2, -0.15) is 0 Å². The summed E-state index contributed by atoms with van der Waals surface area (Å²) < 4.78 is 22.2. The predicted molar refractivity (Wildman–Crippen MR) is 68.6 cm³/mol. The second-order valence-electron chi connectivity index (χ2n) is 3.89. The van der Waals surface area contributed by atoms with Gasteiger partial charge in [0, 0.05) is 30.5 Å². The number of aryl methyl sites for hydroxylation is 1. The van der Waals surface area contributed by atoms with Gasteiger partial charge in [0.2, 0.25) is 9.05 Å². The van der Waals surface area contributed by atoms with Gasteiger partial charge in [-0.1, -0.05) is 19.1 Å². The molecule has 0 N–H and O–H groups in total. The minimum atomic E-state index is -3.51. The van der Waals surface area contributed by atoms with Crippen molar-refractivity contribution in [3.05, 3.63) is 29.3 Å². The second kappa shape index (κ2) is 5.06. The molecule has 0 saturated heterocycles. The molecule has 90 valence electrons. The zero-order chi connectivity index (χ0) is 12.3. The van der Waals surface area contributed by atoms with Crippen LogP contribution in [0.3, 0.4) is 0 Å². The van der Waals surface area contributed by atoms with Crippen LogP contribution in [0.5, 0.6) is 0 Å². The highest BCUT2D eigenvalue weighted by atomic mass is 35.7. The zero-order valence-electron chi connectivity index (χ0n) is 9.70. The first kappa shape index (κ1) is 13.3. The van der Waals surface area contributed by atoms with E-state index in [0.29, 0.717) is 0 Å². The molecule has 1 aromatic rings. The van der Waals surface area contributed by atoms with E-state index in [1.165, 1.54) is 0 Å². The van der Waals surface area contributed by atoms with E-state index in [1.807, 2.05) is 44.1 Å². The molecule has 1 aromatic carbocycles. The van der Waals surface area contributed by atoms with Gasteiger partial charge >= 0.3 is 0 Å². The Bertz CT molecular complexity index is 469. The Kier molecular flexibility index (Phi) is 4.21. The SMILES string of the molecule is CCc1ccc(N(C)C)c(CS(=O)(=O)Cl)c1. The van der Waals surface area contributed by atoms with E-state index in [4.69, 9.17) is 10.7 Å². The Labute approximate surface area is 101 Å². The van der Waals surface area contributed by atoms with Crippen molar-refractivity contribution >= 4 is 25.4 Å². The number of halogens is 1. The highest BCUT2D eigenvalue weighted by Crippen LogP contribution is 2.23. The minimum absolute atomic E-state index is 0.129. The van der Waals surface area contributed by atoms with Crippen LogP contribution in [0.4, 0.5) is 5.69 Å². The predicted octanol–water partition coefficient (Wildman–Crippen LogP) is 2.38. The standard InChI is InChI=1S/C11H16ClNO2S/c1-4-9-5-6-11(13(2)3)10(7-9)8-16(12,14)15/h5-7H,4,8H2,1-3H3. The van der Waals surface area contributed by atoms with Crippen LogP contribution < -0.4 is 4.90 Å². The Balaban J connectivity index is 3.20. The van der Waals surface area contributed by atoms with Gasteiger partial charge in [-0.05, 0) is 23.6 Å². The van der Waals surface area contributed by atoms with Crippen LogP contribution in [0.25, 0.3) is 0 Å². The summed E-state index contributed by atoms with van der Waals surface area (Å²) in [7, 11) is 5.54. The molecule has 0 fully saturated rings. The minimum Gasteiger partial charge on any atom is -0.377 e. The number of benzene rings is 1. The molecule has 0 aromatic heterocycles. The number of hydrogen-bond acceptors (Lipinski definition) is 3. The van der Waals surface area contributed by atoms with Crippen LogP contribution in [0, 0.1) is 0 Å². The van der Waals surface area contributed by atoms with Gasteiger partial charge in [0.1, 0.15) is 0 Å². The molecule has 0 bridgehead atoms. The first-order valence-corrected chi connectivity index (χ1v) is 7.53. The summed E-state index contributed by atoms with van der Waals surface area (Å²) in [4.78, 5) is 1.89. The van der Waals surface area contributed by atoms with Crippen LogP contribution in [0.15, 0.2) is 18.2 Å². The average molecular weight is 262 g/mol. The Morgan fingerprint density at radius 3 is 2.38 bits per heavy atom. The fourth-order valence-corrected chi connectivity index (χ4v) is 2.55. The van der Waals surface area contributed by atoms with Crippen molar-refractivity contribution in [1.29, 1.82) is 0 Å². The lowest BCUT2D eigenvalue weighted by molar-refractivity contribution is 0.609. The van der Waals surface area contributed by atoms with Gasteiger partial charge < -0.3 is 4.90 Å². The lowest BCUT2D eigenvalue weighted by atomic mass is 10.1. The summed E-state index contributed by atoms with van der Waals surface area (Å²) in [6.07, 6.45) is 0.878. The van der Waals surface area contributed by atoms with Gasteiger partial charge in [0.25, 0.3) is 0 Å². The number of nitrogens with zero attached hydrogens (tertiary/aromatic N) is 1. The Morgan fingerprint density at radius 2 is 1.94 bits per heavy atom. The molecule has 0 spiro atoms. The molecule has 0 radical (unpaired) electrons. The topological polar surface area (TPSA) is 37.4 Å². The number of hydrogen-bond donors (Lipinski definition) is 0. The summed E-state index contributed by atoms with van der Waals surface area (Å²) in [6.45, 7) is 2.03. The molecular formula is C11H16ClNO2S. The van der Waals surface area contributed by atoms with E-state index < -0.39 is 9.05 Å². The third-order valence-corrected chi connectivity index (χ3v) is 3.35. The number of anilines is 1. The fourth-order valence-electron chi connectivity index (χ4n) is 1.60. The third-order valence-electron chi connectivity index (χ3n) is 2.36. The highest BCUT2D eigenvalue weighted by Gasteiger charge is 2.13. The van der Waals surface area contributed by atoms with Gasteiger partial charge in [0.15, 0.2) is 0 Å². The molecule has 0 heterocycles. The summed E-state index contributed by atoms with van der Waals surface area (Å²) in [6, 6.07) is 5.82. The van der Waals surface area contributed by atoms with Crippen molar-refractivity contribution < 1.29 is 8.42 Å². The summed E-state index contributed by atoms with van der Waals surface area (Å²) in [5.74, 6) is -0.129. The van der Waals surface area contributed by atoms with Crippen molar-refractivity contribution in [2.24, 2.45) is 0 Å². The van der Waals surface area contributed by atoms with Gasteiger partial charge in [0.05, 0.1) is 5.75 Å². The normalized spacial score (nSPS) is 11.5. The van der Waals surface area contributed by atoms with E-state index in [2.05, 4.69) is 0 Å². The first-order chi connectivity index (χ1) is 7.33.